The van der Waals surface area contributed by atoms with Gasteiger partial charge in [0.15, 0.2) is 0 Å². The number of aromatic nitrogens is 1. The molecule has 0 saturated carbocycles. The SMILES string of the molecule is O=C(c1cccc2c1CC[C@H]2NS(=O)(=O)c1ccccc1Cl)N1CCC2(CC1)CCN(c1ccncc1)CC2. The molecule has 2 aliphatic heterocycles. The number of likely N-dealkylation sites (tertiary alicyclic amines) is 1. The van der Waals surface area contributed by atoms with Gasteiger partial charge in [-0.15, -0.1) is 0 Å². The second-order valence-corrected chi connectivity index (χ2v) is 13.1. The summed E-state index contributed by atoms with van der Waals surface area (Å²) in [6.07, 6.45) is 9.31. The van der Waals surface area contributed by atoms with Gasteiger partial charge in [-0.25, -0.2) is 13.1 Å². The van der Waals surface area contributed by atoms with E-state index in [0.29, 0.717) is 23.8 Å². The second kappa shape index (κ2) is 10.6. The van der Waals surface area contributed by atoms with Gasteiger partial charge in [-0.05, 0) is 85.4 Å². The van der Waals surface area contributed by atoms with Crippen molar-refractivity contribution in [2.45, 2.75) is 49.5 Å². The topological polar surface area (TPSA) is 82.6 Å². The first kappa shape index (κ1) is 26.3. The van der Waals surface area contributed by atoms with Gasteiger partial charge in [0.05, 0.1) is 5.02 Å². The molecule has 1 spiro atoms. The van der Waals surface area contributed by atoms with Crippen molar-refractivity contribution in [3.05, 3.63) is 88.7 Å². The van der Waals surface area contributed by atoms with Crippen LogP contribution in [0.3, 0.4) is 0 Å². The fourth-order valence-electron chi connectivity index (χ4n) is 6.54. The predicted octanol–water partition coefficient (Wildman–Crippen LogP) is 5.22. The van der Waals surface area contributed by atoms with Crippen molar-refractivity contribution in [3.8, 4) is 0 Å². The van der Waals surface area contributed by atoms with Crippen molar-refractivity contribution in [1.29, 1.82) is 0 Å². The van der Waals surface area contributed by atoms with Gasteiger partial charge in [0.25, 0.3) is 5.91 Å². The highest BCUT2D eigenvalue weighted by Crippen LogP contribution is 2.43. The third kappa shape index (κ3) is 5.17. The number of sulfonamides is 1. The lowest BCUT2D eigenvalue weighted by molar-refractivity contribution is 0.0514. The Labute approximate surface area is 235 Å². The molecule has 3 heterocycles. The van der Waals surface area contributed by atoms with Crippen molar-refractivity contribution in [2.24, 2.45) is 5.41 Å². The van der Waals surface area contributed by atoms with Crippen LogP contribution < -0.4 is 9.62 Å². The minimum absolute atomic E-state index is 0.0607. The number of rotatable bonds is 5. The van der Waals surface area contributed by atoms with E-state index in [0.717, 1.165) is 63.0 Å². The van der Waals surface area contributed by atoms with E-state index in [-0.39, 0.29) is 21.9 Å². The summed E-state index contributed by atoms with van der Waals surface area (Å²) >= 11 is 6.16. The molecule has 6 rings (SSSR count). The van der Waals surface area contributed by atoms with Crippen LogP contribution in [0.5, 0.6) is 0 Å². The number of hydrogen-bond donors (Lipinski definition) is 1. The van der Waals surface area contributed by atoms with E-state index in [1.165, 1.54) is 11.8 Å². The monoisotopic (exact) mass is 564 g/mol. The summed E-state index contributed by atoms with van der Waals surface area (Å²) < 4.78 is 28.9. The lowest BCUT2D eigenvalue weighted by Gasteiger charge is -2.47. The average Bonchev–Trinajstić information content (AvgIpc) is 3.36. The van der Waals surface area contributed by atoms with Gasteiger partial charge in [0.2, 0.25) is 10.0 Å². The van der Waals surface area contributed by atoms with Crippen molar-refractivity contribution in [3.63, 3.8) is 0 Å². The molecule has 1 N–H and O–H groups in total. The van der Waals surface area contributed by atoms with Gasteiger partial charge in [0, 0.05) is 55.9 Å². The third-order valence-electron chi connectivity index (χ3n) is 8.89. The van der Waals surface area contributed by atoms with Crippen LogP contribution in [0.25, 0.3) is 0 Å². The standard InChI is InChI=1S/C30H33ClN4O3S/c31-26-6-1-2-7-28(26)39(37,38)33-27-9-8-23-24(27)4-3-5-25(23)29(36)35-20-14-30(15-21-35)12-18-34(19-13-30)22-10-16-32-17-11-22/h1-7,10-11,16-17,27,33H,8-9,12-15,18-21H2/t27-/m1/s1. The Morgan fingerprint density at radius 1 is 0.923 bits per heavy atom. The molecular formula is C30H33ClN4O3S. The van der Waals surface area contributed by atoms with Crippen LogP contribution in [0.1, 0.15) is 59.6 Å². The quantitative estimate of drug-likeness (QED) is 0.459. The zero-order valence-electron chi connectivity index (χ0n) is 21.9. The van der Waals surface area contributed by atoms with Crippen LogP contribution in [-0.2, 0) is 16.4 Å². The zero-order chi connectivity index (χ0) is 27.0. The lowest BCUT2D eigenvalue weighted by atomic mass is 9.71. The number of benzene rings is 2. The molecule has 3 aromatic rings. The zero-order valence-corrected chi connectivity index (χ0v) is 23.4. The van der Waals surface area contributed by atoms with Gasteiger partial charge in [-0.1, -0.05) is 35.9 Å². The summed E-state index contributed by atoms with van der Waals surface area (Å²) in [7, 11) is -3.79. The summed E-state index contributed by atoms with van der Waals surface area (Å²) in [5.74, 6) is 0.0607. The molecule has 9 heteroatoms. The maximum atomic E-state index is 13.7. The molecule has 0 radical (unpaired) electrons. The first-order valence-electron chi connectivity index (χ1n) is 13.7. The number of carbonyl (C=O) groups excluding carboxylic acids is 1. The molecule has 2 aromatic carbocycles. The molecule has 7 nitrogen and oxygen atoms in total. The number of halogens is 1. The molecule has 39 heavy (non-hydrogen) atoms. The second-order valence-electron chi connectivity index (χ2n) is 11.0. The minimum atomic E-state index is -3.79. The number of amides is 1. The highest BCUT2D eigenvalue weighted by molar-refractivity contribution is 7.89. The first-order chi connectivity index (χ1) is 18.9. The molecule has 2 fully saturated rings. The molecule has 204 valence electrons. The molecule has 1 atom stereocenters. The molecule has 2 saturated heterocycles. The first-order valence-corrected chi connectivity index (χ1v) is 15.5. The van der Waals surface area contributed by atoms with Crippen LogP contribution in [0.4, 0.5) is 5.69 Å². The summed E-state index contributed by atoms with van der Waals surface area (Å²) in [5.41, 5.74) is 4.09. The highest BCUT2D eigenvalue weighted by Gasteiger charge is 2.39. The average molecular weight is 565 g/mol. The van der Waals surface area contributed by atoms with E-state index in [1.54, 1.807) is 18.2 Å². The summed E-state index contributed by atoms with van der Waals surface area (Å²) in [6, 6.07) is 15.9. The van der Waals surface area contributed by atoms with Crippen molar-refractivity contribution < 1.29 is 13.2 Å². The van der Waals surface area contributed by atoms with Crippen LogP contribution in [-0.4, -0.2) is 50.4 Å². The van der Waals surface area contributed by atoms with E-state index < -0.39 is 10.0 Å². The van der Waals surface area contributed by atoms with Gasteiger partial charge in [-0.2, -0.15) is 0 Å². The van der Waals surface area contributed by atoms with Gasteiger partial charge >= 0.3 is 0 Å². The van der Waals surface area contributed by atoms with Gasteiger partial charge < -0.3 is 9.80 Å². The fourth-order valence-corrected chi connectivity index (χ4v) is 8.31. The Balaban J connectivity index is 1.11. The molecule has 1 amide bonds. The van der Waals surface area contributed by atoms with Crippen LogP contribution >= 0.6 is 11.6 Å². The lowest BCUT2D eigenvalue weighted by Crippen LogP contribution is -2.48. The van der Waals surface area contributed by atoms with Crippen LogP contribution in [0.2, 0.25) is 5.02 Å². The Hall–Kier alpha value is -2.94. The molecule has 1 aliphatic carbocycles. The van der Waals surface area contributed by atoms with Crippen LogP contribution in [0.15, 0.2) is 71.9 Å². The number of pyridine rings is 1. The number of nitrogens with one attached hydrogen (secondary N) is 1. The molecule has 0 unspecified atom stereocenters. The summed E-state index contributed by atoms with van der Waals surface area (Å²) in [4.78, 5) is 22.3. The van der Waals surface area contributed by atoms with E-state index >= 15 is 0 Å². The van der Waals surface area contributed by atoms with Crippen molar-refractivity contribution >= 4 is 33.2 Å². The largest absolute Gasteiger partial charge is 0.371 e. The van der Waals surface area contributed by atoms with E-state index in [9.17, 15) is 13.2 Å². The minimum Gasteiger partial charge on any atom is -0.371 e. The molecule has 0 bridgehead atoms. The number of fused-ring (bicyclic) bond motifs is 1. The fraction of sp³-hybridized carbons (Fsp3) is 0.400. The third-order valence-corrected chi connectivity index (χ3v) is 10.9. The normalized spacial score (nSPS) is 20.7. The number of piperidine rings is 2. The van der Waals surface area contributed by atoms with E-state index in [1.807, 2.05) is 35.5 Å². The maximum Gasteiger partial charge on any atom is 0.254 e. The summed E-state index contributed by atoms with van der Waals surface area (Å²) in [6.45, 7) is 3.60. The number of hydrogen-bond acceptors (Lipinski definition) is 5. The molecular weight excluding hydrogens is 532 g/mol. The Morgan fingerprint density at radius 2 is 1.62 bits per heavy atom. The van der Waals surface area contributed by atoms with Crippen molar-refractivity contribution in [1.82, 2.24) is 14.6 Å². The number of nitrogens with zero attached hydrogens (tertiary/aromatic N) is 3. The maximum absolute atomic E-state index is 13.7. The smallest absolute Gasteiger partial charge is 0.254 e. The van der Waals surface area contributed by atoms with E-state index in [2.05, 4.69) is 26.7 Å². The van der Waals surface area contributed by atoms with E-state index in [4.69, 9.17) is 11.6 Å². The van der Waals surface area contributed by atoms with Crippen molar-refractivity contribution in [2.75, 3.05) is 31.1 Å². The Kier molecular flexibility index (Phi) is 7.12. The molecule has 3 aliphatic rings. The predicted molar refractivity (Wildman–Crippen MR) is 153 cm³/mol. The Bertz CT molecular complexity index is 1460. The summed E-state index contributed by atoms with van der Waals surface area (Å²) in [5, 5.41) is 0.193. The van der Waals surface area contributed by atoms with Gasteiger partial charge in [-0.3, -0.25) is 9.78 Å². The van der Waals surface area contributed by atoms with Gasteiger partial charge in [0.1, 0.15) is 4.90 Å². The number of anilines is 1. The number of carbonyl (C=O) groups is 1. The van der Waals surface area contributed by atoms with Crippen LogP contribution in [0, 0.1) is 5.41 Å². The molecule has 1 aromatic heterocycles. The Morgan fingerprint density at radius 3 is 2.33 bits per heavy atom. The highest BCUT2D eigenvalue weighted by atomic mass is 35.5.